The average Bonchev–Trinajstić information content (AvgIpc) is 2.83. The molecular weight excluding hydrogens is 272 g/mol. The van der Waals surface area contributed by atoms with Crippen LogP contribution < -0.4 is 5.32 Å². The zero-order valence-corrected chi connectivity index (χ0v) is 9.98. The van der Waals surface area contributed by atoms with Crippen LogP contribution in [0.1, 0.15) is 16.1 Å². The monoisotopic (exact) mass is 281 g/mol. The lowest BCUT2D eigenvalue weighted by atomic mass is 10.1. The third-order valence-corrected chi connectivity index (χ3v) is 2.46. The Kier molecular flexibility index (Phi) is 3.74. The molecule has 0 saturated carbocycles. The molecule has 1 heterocycles. The van der Waals surface area contributed by atoms with Gasteiger partial charge in [0.1, 0.15) is 5.69 Å². The van der Waals surface area contributed by atoms with Gasteiger partial charge in [0.25, 0.3) is 0 Å². The molecular formula is C12H9F2N3O3. The van der Waals surface area contributed by atoms with Crippen molar-refractivity contribution in [3.63, 3.8) is 0 Å². The van der Waals surface area contributed by atoms with Crippen LogP contribution >= 0.6 is 0 Å². The van der Waals surface area contributed by atoms with Crippen molar-refractivity contribution in [1.29, 1.82) is 0 Å². The van der Waals surface area contributed by atoms with E-state index in [1.165, 1.54) is 12.1 Å². The standard InChI is InChI=1S/C12H9F2N3O3/c13-7-3-1-2-6(11(7)14)4-10(18)15-9-5-8(12(19)20)16-17-9/h1-3,5H,4H2,(H,19,20)(H2,15,16,17,18). The van der Waals surface area contributed by atoms with Gasteiger partial charge in [-0.15, -0.1) is 0 Å². The number of aromatic carboxylic acids is 1. The Labute approximate surface area is 111 Å². The molecule has 0 spiro atoms. The highest BCUT2D eigenvalue weighted by Crippen LogP contribution is 2.13. The fourth-order valence-corrected chi connectivity index (χ4v) is 1.54. The molecule has 2 rings (SSSR count). The molecule has 8 heteroatoms. The van der Waals surface area contributed by atoms with E-state index >= 15 is 0 Å². The summed E-state index contributed by atoms with van der Waals surface area (Å²) >= 11 is 0. The van der Waals surface area contributed by atoms with E-state index in [1.54, 1.807) is 0 Å². The summed E-state index contributed by atoms with van der Waals surface area (Å²) in [4.78, 5) is 22.2. The number of carbonyl (C=O) groups is 2. The van der Waals surface area contributed by atoms with Crippen LogP contribution in [0.3, 0.4) is 0 Å². The van der Waals surface area contributed by atoms with E-state index in [4.69, 9.17) is 5.11 Å². The summed E-state index contributed by atoms with van der Waals surface area (Å²) in [7, 11) is 0. The molecule has 104 valence electrons. The molecule has 0 radical (unpaired) electrons. The van der Waals surface area contributed by atoms with Crippen LogP contribution in [-0.2, 0) is 11.2 Å². The smallest absolute Gasteiger partial charge is 0.353 e. The van der Waals surface area contributed by atoms with E-state index in [9.17, 15) is 18.4 Å². The van der Waals surface area contributed by atoms with Crippen LogP contribution in [0, 0.1) is 11.6 Å². The number of H-pyrrole nitrogens is 1. The van der Waals surface area contributed by atoms with Crippen molar-refractivity contribution in [2.24, 2.45) is 0 Å². The van der Waals surface area contributed by atoms with Gasteiger partial charge in [-0.05, 0) is 6.07 Å². The van der Waals surface area contributed by atoms with Gasteiger partial charge in [-0.2, -0.15) is 5.10 Å². The number of carbonyl (C=O) groups excluding carboxylic acids is 1. The van der Waals surface area contributed by atoms with Gasteiger partial charge in [0, 0.05) is 11.6 Å². The maximum atomic E-state index is 13.4. The summed E-state index contributed by atoms with van der Waals surface area (Å²) in [5.74, 6) is -4.00. The Balaban J connectivity index is 2.05. The molecule has 0 aliphatic rings. The van der Waals surface area contributed by atoms with Gasteiger partial charge in [-0.1, -0.05) is 12.1 Å². The number of carboxylic acids is 1. The largest absolute Gasteiger partial charge is 0.477 e. The number of hydrogen-bond donors (Lipinski definition) is 3. The molecule has 20 heavy (non-hydrogen) atoms. The minimum atomic E-state index is -1.23. The van der Waals surface area contributed by atoms with Crippen LogP contribution in [0.15, 0.2) is 24.3 Å². The number of aromatic nitrogens is 2. The molecule has 0 unspecified atom stereocenters. The minimum absolute atomic E-state index is 0.00999. The number of nitrogens with one attached hydrogen (secondary N) is 2. The fraction of sp³-hybridized carbons (Fsp3) is 0.0833. The highest BCUT2D eigenvalue weighted by atomic mass is 19.2. The van der Waals surface area contributed by atoms with Gasteiger partial charge < -0.3 is 10.4 Å². The van der Waals surface area contributed by atoms with Gasteiger partial charge in [0.05, 0.1) is 6.42 Å². The molecule has 0 aliphatic carbocycles. The number of amides is 1. The third-order valence-electron chi connectivity index (χ3n) is 2.46. The van der Waals surface area contributed by atoms with E-state index in [2.05, 4.69) is 15.5 Å². The number of aromatic amines is 1. The lowest BCUT2D eigenvalue weighted by Gasteiger charge is -2.03. The highest BCUT2D eigenvalue weighted by molar-refractivity contribution is 5.93. The van der Waals surface area contributed by atoms with E-state index in [0.29, 0.717) is 0 Å². The molecule has 0 saturated heterocycles. The molecule has 0 aliphatic heterocycles. The molecule has 3 N–H and O–H groups in total. The first kappa shape index (κ1) is 13.7. The van der Waals surface area contributed by atoms with E-state index in [1.807, 2.05) is 0 Å². The van der Waals surface area contributed by atoms with E-state index < -0.39 is 29.9 Å². The maximum absolute atomic E-state index is 13.4. The van der Waals surface area contributed by atoms with Crippen LogP contribution in [0.5, 0.6) is 0 Å². The molecule has 0 atom stereocenters. The number of halogens is 2. The zero-order chi connectivity index (χ0) is 14.7. The second-order valence-electron chi connectivity index (χ2n) is 3.91. The Bertz CT molecular complexity index is 670. The predicted molar refractivity (Wildman–Crippen MR) is 64.2 cm³/mol. The van der Waals surface area contributed by atoms with Gasteiger partial charge in [0.15, 0.2) is 17.5 Å². The topological polar surface area (TPSA) is 95.1 Å². The molecule has 1 amide bonds. The molecule has 0 bridgehead atoms. The van der Waals surface area contributed by atoms with Gasteiger partial charge in [-0.25, -0.2) is 13.6 Å². The van der Waals surface area contributed by atoms with Crippen molar-refractivity contribution in [1.82, 2.24) is 10.2 Å². The minimum Gasteiger partial charge on any atom is -0.477 e. The summed E-state index contributed by atoms with van der Waals surface area (Å²) in [6, 6.07) is 4.63. The molecule has 1 aromatic carbocycles. The highest BCUT2D eigenvalue weighted by Gasteiger charge is 2.14. The van der Waals surface area contributed by atoms with Gasteiger partial charge in [0.2, 0.25) is 5.91 Å². The second-order valence-corrected chi connectivity index (χ2v) is 3.91. The molecule has 6 nitrogen and oxygen atoms in total. The summed E-state index contributed by atoms with van der Waals surface area (Å²) < 4.78 is 26.3. The number of benzene rings is 1. The van der Waals surface area contributed by atoms with E-state index in [-0.39, 0.29) is 17.1 Å². The van der Waals surface area contributed by atoms with Crippen molar-refractivity contribution in [3.05, 3.63) is 47.2 Å². The SMILES string of the molecule is O=C(Cc1cccc(F)c1F)Nc1cc(C(=O)O)[nH]n1. The van der Waals surface area contributed by atoms with Crippen molar-refractivity contribution < 1.29 is 23.5 Å². The number of anilines is 1. The molecule has 2 aromatic rings. The first-order valence-electron chi connectivity index (χ1n) is 5.49. The number of rotatable bonds is 4. The lowest BCUT2D eigenvalue weighted by molar-refractivity contribution is -0.115. The number of hydrogen-bond acceptors (Lipinski definition) is 3. The fourth-order valence-electron chi connectivity index (χ4n) is 1.54. The third kappa shape index (κ3) is 2.97. The van der Waals surface area contributed by atoms with Gasteiger partial charge in [-0.3, -0.25) is 9.89 Å². The summed E-state index contributed by atoms with van der Waals surface area (Å²) in [6.07, 6.45) is -0.390. The van der Waals surface area contributed by atoms with Crippen molar-refractivity contribution in [3.8, 4) is 0 Å². The Morgan fingerprint density at radius 3 is 2.75 bits per heavy atom. The average molecular weight is 281 g/mol. The van der Waals surface area contributed by atoms with Crippen molar-refractivity contribution in [2.45, 2.75) is 6.42 Å². The Hall–Kier alpha value is -2.77. The molecule has 1 aromatic heterocycles. The first-order chi connectivity index (χ1) is 9.47. The van der Waals surface area contributed by atoms with Crippen molar-refractivity contribution in [2.75, 3.05) is 5.32 Å². The Morgan fingerprint density at radius 2 is 2.10 bits per heavy atom. The molecule has 0 fully saturated rings. The van der Waals surface area contributed by atoms with Gasteiger partial charge >= 0.3 is 5.97 Å². The number of nitrogens with zero attached hydrogens (tertiary/aromatic N) is 1. The normalized spacial score (nSPS) is 10.3. The van der Waals surface area contributed by atoms with Crippen molar-refractivity contribution >= 4 is 17.7 Å². The summed E-state index contributed by atoms with van der Waals surface area (Å²) in [5.41, 5.74) is -0.297. The summed E-state index contributed by atoms with van der Waals surface area (Å²) in [5, 5.41) is 16.7. The van der Waals surface area contributed by atoms with Crippen LogP contribution in [-0.4, -0.2) is 27.2 Å². The predicted octanol–water partition coefficient (Wildman–Crippen LogP) is 1.57. The van der Waals surface area contributed by atoms with Crippen LogP contribution in [0.2, 0.25) is 0 Å². The lowest BCUT2D eigenvalue weighted by Crippen LogP contribution is -2.15. The second kappa shape index (κ2) is 5.47. The van der Waals surface area contributed by atoms with Crippen LogP contribution in [0.4, 0.5) is 14.6 Å². The van der Waals surface area contributed by atoms with Crippen LogP contribution in [0.25, 0.3) is 0 Å². The maximum Gasteiger partial charge on any atom is 0.353 e. The number of carboxylic acid groups (broad SMARTS) is 1. The van der Waals surface area contributed by atoms with E-state index in [0.717, 1.165) is 12.1 Å². The Morgan fingerprint density at radius 1 is 1.35 bits per heavy atom. The zero-order valence-electron chi connectivity index (χ0n) is 9.98. The summed E-state index contributed by atoms with van der Waals surface area (Å²) in [6.45, 7) is 0. The quantitative estimate of drug-likeness (QED) is 0.792. The first-order valence-corrected chi connectivity index (χ1v) is 5.49.